The van der Waals surface area contributed by atoms with Crippen LogP contribution < -0.4 is 5.32 Å². The number of rotatable bonds is 4. The molecule has 0 aliphatic heterocycles. The molecule has 0 spiro atoms. The van der Waals surface area contributed by atoms with Gasteiger partial charge in [-0.1, -0.05) is 28.4 Å². The number of hydrogen-bond acceptors (Lipinski definition) is 5. The predicted octanol–water partition coefficient (Wildman–Crippen LogP) is 8.86. The molecule has 0 saturated heterocycles. The minimum absolute atomic E-state index is 0.0566. The third-order valence-corrected chi connectivity index (χ3v) is 5.95. The molecule has 0 aliphatic carbocycles. The molecule has 2 aromatic carbocycles. The van der Waals surface area contributed by atoms with Crippen molar-refractivity contribution in [2.75, 3.05) is 5.32 Å². The molecule has 4 aromatic rings. The van der Waals surface area contributed by atoms with Crippen molar-refractivity contribution in [3.63, 3.8) is 0 Å². The molecule has 0 amide bonds. The summed E-state index contributed by atoms with van der Waals surface area (Å²) in [5, 5.41) is 8.88. The summed E-state index contributed by atoms with van der Waals surface area (Å²) < 4.78 is 84.0. The van der Waals surface area contributed by atoms with E-state index < -0.39 is 29.2 Å². The number of nitrogens with zero attached hydrogens (tertiary/aromatic N) is 2. The Morgan fingerprint density at radius 3 is 2.18 bits per heavy atom. The molecular weight excluding hydrogens is 527 g/mol. The van der Waals surface area contributed by atoms with Crippen molar-refractivity contribution in [3.8, 4) is 22.5 Å². The number of anilines is 2. The number of alkyl halides is 6. The van der Waals surface area contributed by atoms with E-state index in [1.165, 1.54) is 6.07 Å². The largest absolute Gasteiger partial charge is 0.416 e. The van der Waals surface area contributed by atoms with E-state index in [4.69, 9.17) is 27.7 Å². The van der Waals surface area contributed by atoms with Crippen molar-refractivity contribution in [1.29, 1.82) is 0 Å². The molecule has 0 atom stereocenters. The molecule has 4 rings (SSSR count). The third-order valence-electron chi connectivity index (χ3n) is 4.65. The number of halogens is 8. The van der Waals surface area contributed by atoms with Gasteiger partial charge < -0.3 is 9.84 Å². The number of aromatic nitrogens is 2. The molecule has 0 radical (unpaired) electrons. The monoisotopic (exact) mass is 537 g/mol. The van der Waals surface area contributed by atoms with Crippen LogP contribution in [0.4, 0.5) is 37.2 Å². The highest BCUT2D eigenvalue weighted by molar-refractivity contribution is 7.14. The second-order valence-corrected chi connectivity index (χ2v) is 8.75. The number of aryl methyl sites for hydroxylation is 1. The Morgan fingerprint density at radius 1 is 0.941 bits per heavy atom. The molecule has 0 aliphatic rings. The summed E-state index contributed by atoms with van der Waals surface area (Å²) in [4.78, 5) is 4.30. The van der Waals surface area contributed by atoms with Crippen LogP contribution in [0.3, 0.4) is 0 Å². The van der Waals surface area contributed by atoms with Crippen LogP contribution in [0.15, 0.2) is 46.3 Å². The van der Waals surface area contributed by atoms with Gasteiger partial charge in [0, 0.05) is 21.7 Å². The topological polar surface area (TPSA) is 51.0 Å². The smallest absolute Gasteiger partial charge is 0.360 e. The minimum atomic E-state index is -4.96. The molecule has 2 heterocycles. The quantitative estimate of drug-likeness (QED) is 0.264. The summed E-state index contributed by atoms with van der Waals surface area (Å²) in [6.45, 7) is 1.63. The lowest BCUT2D eigenvalue weighted by Crippen LogP contribution is -2.11. The second kappa shape index (κ2) is 8.79. The van der Waals surface area contributed by atoms with E-state index >= 15 is 0 Å². The van der Waals surface area contributed by atoms with Gasteiger partial charge in [-0.3, -0.25) is 0 Å². The van der Waals surface area contributed by atoms with Crippen LogP contribution in [-0.4, -0.2) is 10.1 Å². The van der Waals surface area contributed by atoms with Crippen LogP contribution in [0, 0.1) is 6.92 Å². The van der Waals surface area contributed by atoms with Crippen LogP contribution in [-0.2, 0) is 12.4 Å². The first-order valence-corrected chi connectivity index (χ1v) is 10.9. The van der Waals surface area contributed by atoms with E-state index in [2.05, 4.69) is 15.5 Å². The Hall–Kier alpha value is -2.76. The molecule has 0 saturated carbocycles. The molecule has 0 fully saturated rings. The highest BCUT2D eigenvalue weighted by Crippen LogP contribution is 2.41. The maximum atomic E-state index is 13.1. The normalized spacial score (nSPS) is 12.3. The number of hydrogen-bond donors (Lipinski definition) is 1. The molecule has 0 bridgehead atoms. The van der Waals surface area contributed by atoms with E-state index in [9.17, 15) is 26.3 Å². The maximum absolute atomic E-state index is 13.1. The zero-order chi connectivity index (χ0) is 24.8. The molecule has 0 unspecified atom stereocenters. The first-order chi connectivity index (χ1) is 15.8. The Morgan fingerprint density at radius 2 is 1.59 bits per heavy atom. The minimum Gasteiger partial charge on any atom is -0.360 e. The third kappa shape index (κ3) is 5.01. The van der Waals surface area contributed by atoms with Gasteiger partial charge in [0.05, 0.1) is 27.4 Å². The predicted molar refractivity (Wildman–Crippen MR) is 118 cm³/mol. The van der Waals surface area contributed by atoms with Crippen LogP contribution in [0.5, 0.6) is 0 Å². The van der Waals surface area contributed by atoms with Gasteiger partial charge in [0.25, 0.3) is 0 Å². The molecule has 178 valence electrons. The average Bonchev–Trinajstić information content (AvgIpc) is 3.32. The summed E-state index contributed by atoms with van der Waals surface area (Å²) in [6.07, 6.45) is -9.92. The van der Waals surface area contributed by atoms with E-state index in [1.54, 1.807) is 24.4 Å². The van der Waals surface area contributed by atoms with E-state index in [0.29, 0.717) is 50.5 Å². The van der Waals surface area contributed by atoms with Gasteiger partial charge in [-0.2, -0.15) is 26.3 Å². The van der Waals surface area contributed by atoms with Gasteiger partial charge in [0.15, 0.2) is 5.13 Å². The summed E-state index contributed by atoms with van der Waals surface area (Å²) in [5.41, 5.74) is -1.61. The summed E-state index contributed by atoms with van der Waals surface area (Å²) in [6, 6.07) is 5.99. The van der Waals surface area contributed by atoms with Crippen molar-refractivity contribution in [2.24, 2.45) is 0 Å². The number of benzene rings is 2. The Balaban J connectivity index is 1.71. The van der Waals surface area contributed by atoms with Gasteiger partial charge in [0.2, 0.25) is 0 Å². The van der Waals surface area contributed by atoms with E-state index in [1.807, 2.05) is 0 Å². The van der Waals surface area contributed by atoms with Crippen molar-refractivity contribution < 1.29 is 30.9 Å². The fourth-order valence-corrected chi connectivity index (χ4v) is 4.36. The van der Waals surface area contributed by atoms with Crippen LogP contribution >= 0.6 is 34.5 Å². The molecule has 13 heteroatoms. The van der Waals surface area contributed by atoms with Gasteiger partial charge in [-0.15, -0.1) is 11.3 Å². The lowest BCUT2D eigenvalue weighted by molar-refractivity contribution is -0.143. The molecule has 1 N–H and O–H groups in total. The average molecular weight is 538 g/mol. The molecular formula is C21H11Cl2F6N3OS. The van der Waals surface area contributed by atoms with E-state index in [-0.39, 0.29) is 11.2 Å². The lowest BCUT2D eigenvalue weighted by atomic mass is 10.0. The van der Waals surface area contributed by atoms with Crippen molar-refractivity contribution in [2.45, 2.75) is 19.3 Å². The zero-order valence-electron chi connectivity index (χ0n) is 16.8. The molecule has 4 nitrogen and oxygen atoms in total. The first-order valence-electron chi connectivity index (χ1n) is 9.27. The van der Waals surface area contributed by atoms with Crippen molar-refractivity contribution in [3.05, 3.63) is 68.7 Å². The van der Waals surface area contributed by atoms with Gasteiger partial charge in [-0.05, 0) is 43.3 Å². The Kier molecular flexibility index (Phi) is 6.30. The lowest BCUT2D eigenvalue weighted by Gasteiger charge is -2.14. The van der Waals surface area contributed by atoms with Crippen LogP contribution in [0.2, 0.25) is 10.0 Å². The van der Waals surface area contributed by atoms with Crippen LogP contribution in [0.1, 0.15) is 16.9 Å². The Bertz CT molecular complexity index is 1330. The highest BCUT2D eigenvalue weighted by atomic mass is 35.5. The molecule has 2 aromatic heterocycles. The fourth-order valence-electron chi connectivity index (χ4n) is 3.14. The van der Waals surface area contributed by atoms with Crippen molar-refractivity contribution in [1.82, 2.24) is 10.1 Å². The van der Waals surface area contributed by atoms with Gasteiger partial charge in [0.1, 0.15) is 11.5 Å². The zero-order valence-corrected chi connectivity index (χ0v) is 19.1. The van der Waals surface area contributed by atoms with Crippen molar-refractivity contribution >= 4 is 45.4 Å². The first kappa shape index (κ1) is 24.4. The Labute approximate surface area is 202 Å². The second-order valence-electron chi connectivity index (χ2n) is 7.04. The highest BCUT2D eigenvalue weighted by Gasteiger charge is 2.37. The fraction of sp³-hybridized carbons (Fsp3) is 0.143. The number of nitrogens with one attached hydrogen (secondary N) is 1. The molecule has 34 heavy (non-hydrogen) atoms. The SMILES string of the molecule is Cc1onc(-c2ccc(Cl)cc2Cl)c1-c1csc(Nc2cc(C(F)(F)F)cc(C(F)(F)F)c2)n1. The number of thiazole rings is 1. The summed E-state index contributed by atoms with van der Waals surface area (Å²) in [5.74, 6) is 0.385. The summed E-state index contributed by atoms with van der Waals surface area (Å²) in [7, 11) is 0. The standard InChI is InChI=1S/C21H11Cl2F6N3OS/c1-9-17(18(32-33-9)14-3-2-12(22)7-15(14)23)16-8-34-19(31-16)30-13-5-10(20(24,25)26)4-11(6-13)21(27,28)29/h2-8H,1H3,(H,30,31). The van der Waals surface area contributed by atoms with E-state index in [0.717, 1.165) is 11.3 Å². The maximum Gasteiger partial charge on any atom is 0.416 e. The van der Waals surface area contributed by atoms with Gasteiger partial charge in [-0.25, -0.2) is 4.98 Å². The van der Waals surface area contributed by atoms with Gasteiger partial charge >= 0.3 is 12.4 Å². The van der Waals surface area contributed by atoms with Crippen LogP contribution in [0.25, 0.3) is 22.5 Å². The summed E-state index contributed by atoms with van der Waals surface area (Å²) >= 11 is 13.2.